The van der Waals surface area contributed by atoms with E-state index in [1.165, 1.54) is 12.8 Å². The van der Waals surface area contributed by atoms with E-state index in [1.807, 2.05) is 0 Å². The van der Waals surface area contributed by atoms with Crippen LogP contribution in [0.25, 0.3) is 0 Å². The van der Waals surface area contributed by atoms with Gasteiger partial charge in [-0.2, -0.15) is 26.3 Å². The summed E-state index contributed by atoms with van der Waals surface area (Å²) in [6.07, 6.45) is -6.91. The Hall–Kier alpha value is -0.540. The molecule has 4 fully saturated rings. The van der Waals surface area contributed by atoms with Gasteiger partial charge in [-0.25, -0.2) is 0 Å². The van der Waals surface area contributed by atoms with Gasteiger partial charge in [0.25, 0.3) is 5.60 Å². The fraction of sp³-hybridized carbons (Fsp3) is 1.00. The first-order valence-electron chi connectivity index (χ1n) is 9.47. The van der Waals surface area contributed by atoms with Crippen LogP contribution >= 0.6 is 0 Å². The van der Waals surface area contributed by atoms with Gasteiger partial charge < -0.3 is 14.2 Å². The molecule has 0 amide bonds. The van der Waals surface area contributed by atoms with Gasteiger partial charge in [-0.15, -0.1) is 0 Å². The van der Waals surface area contributed by atoms with Crippen LogP contribution in [0.5, 0.6) is 0 Å². The molecule has 4 aliphatic rings. The van der Waals surface area contributed by atoms with E-state index in [9.17, 15) is 26.3 Å². The maximum atomic E-state index is 13.4. The lowest BCUT2D eigenvalue weighted by atomic mass is 9.70. The van der Waals surface area contributed by atoms with Gasteiger partial charge in [0.05, 0.1) is 12.7 Å². The van der Waals surface area contributed by atoms with Crippen molar-refractivity contribution in [1.29, 1.82) is 0 Å². The topological polar surface area (TPSA) is 27.7 Å². The van der Waals surface area contributed by atoms with Crippen molar-refractivity contribution in [1.82, 2.24) is 0 Å². The minimum atomic E-state index is -5.66. The highest BCUT2D eigenvalue weighted by Crippen LogP contribution is 2.68. The molecule has 0 saturated heterocycles. The lowest BCUT2D eigenvalue weighted by molar-refractivity contribution is -0.403. The first-order valence-corrected chi connectivity index (χ1v) is 9.47. The van der Waals surface area contributed by atoms with Crippen molar-refractivity contribution in [3.8, 4) is 0 Å². The molecule has 0 aromatic heterocycles. The molecule has 0 heterocycles. The maximum absolute atomic E-state index is 13.4. The van der Waals surface area contributed by atoms with Crippen molar-refractivity contribution in [2.75, 3.05) is 20.5 Å². The number of methoxy groups -OCH3 is 1. The van der Waals surface area contributed by atoms with Gasteiger partial charge in [0.1, 0.15) is 6.79 Å². The molecular weight excluding hydrogens is 378 g/mol. The fourth-order valence-corrected chi connectivity index (χ4v) is 6.61. The fourth-order valence-electron chi connectivity index (χ4n) is 6.61. The van der Waals surface area contributed by atoms with Crippen LogP contribution in [0.1, 0.15) is 32.1 Å². The number of fused-ring (bicyclic) bond motifs is 9. The van der Waals surface area contributed by atoms with Crippen molar-refractivity contribution >= 4 is 0 Å². The van der Waals surface area contributed by atoms with Crippen LogP contribution in [0.3, 0.4) is 0 Å². The third-order valence-corrected chi connectivity index (χ3v) is 7.51. The highest BCUT2D eigenvalue weighted by molar-refractivity contribution is 5.11. The van der Waals surface area contributed by atoms with Gasteiger partial charge in [0, 0.05) is 7.11 Å². The summed E-state index contributed by atoms with van der Waals surface area (Å²) >= 11 is 0. The Bertz CT molecular complexity index is 548. The summed E-state index contributed by atoms with van der Waals surface area (Å²) < 4.78 is 94.3. The average molecular weight is 402 g/mol. The van der Waals surface area contributed by atoms with Gasteiger partial charge in [-0.05, 0) is 67.6 Å². The third kappa shape index (κ3) is 2.90. The molecule has 0 radical (unpaired) electrons. The van der Waals surface area contributed by atoms with E-state index in [-0.39, 0.29) is 5.92 Å². The van der Waals surface area contributed by atoms with Crippen LogP contribution in [-0.2, 0) is 14.2 Å². The Morgan fingerprint density at radius 1 is 0.815 bits per heavy atom. The van der Waals surface area contributed by atoms with E-state index in [0.29, 0.717) is 36.0 Å². The van der Waals surface area contributed by atoms with Crippen LogP contribution < -0.4 is 0 Å². The van der Waals surface area contributed by atoms with Gasteiger partial charge in [-0.3, -0.25) is 0 Å². The second-order valence-corrected chi connectivity index (χ2v) is 8.61. The maximum Gasteiger partial charge on any atom is 0.428 e. The minimum Gasteiger partial charge on any atom is -0.374 e. The number of rotatable bonds is 6. The first kappa shape index (κ1) is 19.8. The number of ether oxygens (including phenoxy) is 3. The highest BCUT2D eigenvalue weighted by Gasteiger charge is 2.73. The molecule has 7 atom stereocenters. The molecule has 0 N–H and O–H groups in total. The summed E-state index contributed by atoms with van der Waals surface area (Å²) in [6.45, 7) is -2.70. The van der Waals surface area contributed by atoms with E-state index in [2.05, 4.69) is 9.47 Å². The van der Waals surface area contributed by atoms with E-state index < -0.39 is 37.5 Å². The van der Waals surface area contributed by atoms with Crippen LogP contribution in [-0.4, -0.2) is 44.6 Å². The standard InChI is InChI=1S/C18H24F6O3/c1-25-8-27-16(17(19,20)21,18(22,23)24)7-26-13-6-11-5-12(13)15-10-3-2-9(4-10)14(11)15/h9-15H,2-8H2,1H3. The normalized spacial score (nSPS) is 40.8. The molecule has 0 spiro atoms. The monoisotopic (exact) mass is 402 g/mol. The van der Waals surface area contributed by atoms with Crippen molar-refractivity contribution in [3.63, 3.8) is 0 Å². The molecule has 27 heavy (non-hydrogen) atoms. The molecule has 4 aliphatic carbocycles. The Balaban J connectivity index is 1.49. The summed E-state index contributed by atoms with van der Waals surface area (Å²) in [7, 11) is 0.976. The lowest BCUT2D eigenvalue weighted by Crippen LogP contribution is -2.62. The molecule has 3 nitrogen and oxygen atoms in total. The zero-order valence-corrected chi connectivity index (χ0v) is 15.0. The third-order valence-electron chi connectivity index (χ3n) is 7.51. The summed E-state index contributed by atoms with van der Waals surface area (Å²) in [5.41, 5.74) is -4.37. The zero-order chi connectivity index (χ0) is 19.6. The predicted molar refractivity (Wildman–Crippen MR) is 81.6 cm³/mol. The molecule has 0 aliphatic heterocycles. The highest BCUT2D eigenvalue weighted by atomic mass is 19.4. The van der Waals surface area contributed by atoms with Crippen LogP contribution in [0.15, 0.2) is 0 Å². The van der Waals surface area contributed by atoms with Gasteiger partial charge in [0.2, 0.25) is 0 Å². The molecule has 4 saturated carbocycles. The van der Waals surface area contributed by atoms with Gasteiger partial charge >= 0.3 is 12.4 Å². The molecule has 0 aromatic rings. The van der Waals surface area contributed by atoms with E-state index in [1.54, 1.807) is 0 Å². The molecule has 4 bridgehead atoms. The largest absolute Gasteiger partial charge is 0.428 e. The van der Waals surface area contributed by atoms with Crippen LogP contribution in [0.2, 0.25) is 0 Å². The minimum absolute atomic E-state index is 0.0805. The Kier molecular flexibility index (Phi) is 4.75. The molecule has 7 unspecified atom stereocenters. The molecule has 156 valence electrons. The zero-order valence-electron chi connectivity index (χ0n) is 15.0. The van der Waals surface area contributed by atoms with E-state index in [4.69, 9.17) is 4.74 Å². The Morgan fingerprint density at radius 2 is 1.44 bits per heavy atom. The number of hydrogen-bond acceptors (Lipinski definition) is 3. The smallest absolute Gasteiger partial charge is 0.374 e. The van der Waals surface area contributed by atoms with Gasteiger partial charge in [-0.1, -0.05) is 0 Å². The quantitative estimate of drug-likeness (QED) is 0.370. The number of hydrogen-bond donors (Lipinski definition) is 0. The average Bonchev–Trinajstić information content (AvgIpc) is 3.31. The second kappa shape index (κ2) is 6.49. The first-order chi connectivity index (χ1) is 12.6. The van der Waals surface area contributed by atoms with Crippen molar-refractivity contribution in [2.45, 2.75) is 56.2 Å². The molecule has 0 aromatic carbocycles. The summed E-state index contributed by atoms with van der Waals surface area (Å²) in [4.78, 5) is 0. The summed E-state index contributed by atoms with van der Waals surface area (Å²) in [6, 6.07) is 0. The van der Waals surface area contributed by atoms with Crippen LogP contribution in [0.4, 0.5) is 26.3 Å². The van der Waals surface area contributed by atoms with Crippen molar-refractivity contribution in [2.24, 2.45) is 35.5 Å². The van der Waals surface area contributed by atoms with E-state index in [0.717, 1.165) is 20.0 Å². The summed E-state index contributed by atoms with van der Waals surface area (Å²) in [5.74, 6) is 2.75. The predicted octanol–water partition coefficient (Wildman–Crippen LogP) is 4.56. The lowest BCUT2D eigenvalue weighted by Gasteiger charge is -2.41. The number of alkyl halides is 6. The van der Waals surface area contributed by atoms with Crippen LogP contribution in [0, 0.1) is 35.5 Å². The number of halogens is 6. The Labute approximate surface area is 153 Å². The van der Waals surface area contributed by atoms with Crippen molar-refractivity contribution < 1.29 is 40.6 Å². The summed E-state index contributed by atoms with van der Waals surface area (Å²) in [5, 5.41) is 0. The SMILES string of the molecule is COCOC(COC1CC2CC1C1C3CCC(C3)C21)(C(F)(F)F)C(F)(F)F. The second-order valence-electron chi connectivity index (χ2n) is 8.61. The van der Waals surface area contributed by atoms with Gasteiger partial charge in [0.15, 0.2) is 0 Å². The molecular formula is C18H24F6O3. The molecule has 9 heteroatoms. The van der Waals surface area contributed by atoms with E-state index >= 15 is 0 Å². The molecule has 4 rings (SSSR count). The Morgan fingerprint density at radius 3 is 2.04 bits per heavy atom. The van der Waals surface area contributed by atoms with Crippen molar-refractivity contribution in [3.05, 3.63) is 0 Å².